The molecule has 2 nitrogen and oxygen atoms in total. The van der Waals surface area contributed by atoms with E-state index >= 15 is 0 Å². The third-order valence-electron chi connectivity index (χ3n) is 4.22. The van der Waals surface area contributed by atoms with Crippen LogP contribution in [0.2, 0.25) is 5.02 Å². The molecule has 19 heavy (non-hydrogen) atoms. The van der Waals surface area contributed by atoms with Crippen molar-refractivity contribution in [2.75, 3.05) is 19.6 Å². The van der Waals surface area contributed by atoms with Gasteiger partial charge in [0.2, 0.25) is 0 Å². The third kappa shape index (κ3) is 3.47. The number of halogens is 2. The molecule has 0 aromatic heterocycles. The zero-order chi connectivity index (χ0) is 13.9. The molecular weight excluding hydrogens is 263 g/mol. The molecule has 0 saturated carbocycles. The van der Waals surface area contributed by atoms with Crippen LogP contribution in [0.3, 0.4) is 0 Å². The fourth-order valence-electron chi connectivity index (χ4n) is 2.79. The minimum atomic E-state index is -0.204. The van der Waals surface area contributed by atoms with Crippen LogP contribution in [-0.4, -0.2) is 30.1 Å². The summed E-state index contributed by atoms with van der Waals surface area (Å²) in [6.45, 7) is 7.99. The van der Waals surface area contributed by atoms with Crippen LogP contribution in [0.15, 0.2) is 18.2 Å². The Morgan fingerprint density at radius 2 is 2.11 bits per heavy atom. The summed E-state index contributed by atoms with van der Waals surface area (Å²) in [6.07, 6.45) is 2.20. The van der Waals surface area contributed by atoms with Crippen molar-refractivity contribution in [3.63, 3.8) is 0 Å². The Labute approximate surface area is 119 Å². The van der Waals surface area contributed by atoms with Gasteiger partial charge in [0.1, 0.15) is 5.82 Å². The first-order valence-corrected chi connectivity index (χ1v) is 7.37. The Balaban J connectivity index is 2.06. The molecule has 1 fully saturated rings. The van der Waals surface area contributed by atoms with E-state index in [1.807, 2.05) is 0 Å². The number of nitrogens with one attached hydrogen (secondary N) is 1. The predicted octanol–water partition coefficient (Wildman–Crippen LogP) is 3.44. The van der Waals surface area contributed by atoms with Gasteiger partial charge in [0.15, 0.2) is 0 Å². The summed E-state index contributed by atoms with van der Waals surface area (Å²) in [5.41, 5.74) is 0.911. The molecule has 1 saturated heterocycles. The quantitative estimate of drug-likeness (QED) is 0.911. The van der Waals surface area contributed by atoms with Crippen LogP contribution in [0.5, 0.6) is 0 Å². The second-order valence-electron chi connectivity index (χ2n) is 5.36. The van der Waals surface area contributed by atoms with Gasteiger partial charge >= 0.3 is 0 Å². The van der Waals surface area contributed by atoms with E-state index in [9.17, 15) is 4.39 Å². The Morgan fingerprint density at radius 3 is 2.74 bits per heavy atom. The highest BCUT2D eigenvalue weighted by molar-refractivity contribution is 6.30. The number of hydrogen-bond acceptors (Lipinski definition) is 2. The van der Waals surface area contributed by atoms with Crippen molar-refractivity contribution in [1.29, 1.82) is 0 Å². The summed E-state index contributed by atoms with van der Waals surface area (Å²) >= 11 is 5.79. The highest BCUT2D eigenvalue weighted by atomic mass is 35.5. The fourth-order valence-corrected chi connectivity index (χ4v) is 2.95. The van der Waals surface area contributed by atoms with Crippen LogP contribution >= 0.6 is 11.6 Å². The van der Waals surface area contributed by atoms with Gasteiger partial charge in [-0.2, -0.15) is 0 Å². The second kappa shape index (κ2) is 6.21. The molecule has 0 bridgehead atoms. The minimum Gasteiger partial charge on any atom is -0.309 e. The summed E-state index contributed by atoms with van der Waals surface area (Å²) in [4.78, 5) is 2.33. The predicted molar refractivity (Wildman–Crippen MR) is 78.0 cm³/mol. The SMILES string of the molecule is CCC1(CC)CN(Cc2ccc(Cl)cc2F)CCN1. The lowest BCUT2D eigenvalue weighted by atomic mass is 9.90. The van der Waals surface area contributed by atoms with E-state index in [0.29, 0.717) is 11.6 Å². The average Bonchev–Trinajstić information content (AvgIpc) is 2.42. The third-order valence-corrected chi connectivity index (χ3v) is 4.45. The van der Waals surface area contributed by atoms with E-state index < -0.39 is 0 Å². The van der Waals surface area contributed by atoms with Gasteiger partial charge in [-0.3, -0.25) is 4.90 Å². The standard InChI is InChI=1S/C15H22ClFN2/c1-3-15(4-2)11-19(8-7-18-15)10-12-5-6-13(16)9-14(12)17/h5-6,9,18H,3-4,7-8,10-11H2,1-2H3. The number of piperazine rings is 1. The van der Waals surface area contributed by atoms with E-state index in [1.165, 1.54) is 6.07 Å². The van der Waals surface area contributed by atoms with Crippen molar-refractivity contribution >= 4 is 11.6 Å². The molecule has 106 valence electrons. The Kier molecular flexibility index (Phi) is 4.82. The van der Waals surface area contributed by atoms with Crippen molar-refractivity contribution in [1.82, 2.24) is 10.2 Å². The normalized spacial score (nSPS) is 19.6. The largest absolute Gasteiger partial charge is 0.309 e. The molecular formula is C15H22ClFN2. The van der Waals surface area contributed by atoms with Gasteiger partial charge < -0.3 is 5.32 Å². The monoisotopic (exact) mass is 284 g/mol. The maximum absolute atomic E-state index is 13.8. The Hall–Kier alpha value is -0.640. The van der Waals surface area contributed by atoms with Gasteiger partial charge in [-0.15, -0.1) is 0 Å². The van der Waals surface area contributed by atoms with Crippen molar-refractivity contribution < 1.29 is 4.39 Å². The van der Waals surface area contributed by atoms with Crippen LogP contribution in [0.4, 0.5) is 4.39 Å². The van der Waals surface area contributed by atoms with Crippen molar-refractivity contribution in [2.45, 2.75) is 38.8 Å². The van der Waals surface area contributed by atoms with E-state index in [-0.39, 0.29) is 11.4 Å². The minimum absolute atomic E-state index is 0.182. The van der Waals surface area contributed by atoms with Gasteiger partial charge in [-0.1, -0.05) is 31.5 Å². The zero-order valence-corrected chi connectivity index (χ0v) is 12.4. The molecule has 4 heteroatoms. The van der Waals surface area contributed by atoms with Gasteiger partial charge in [0.25, 0.3) is 0 Å². The van der Waals surface area contributed by atoms with E-state index in [4.69, 9.17) is 11.6 Å². The lowest BCUT2D eigenvalue weighted by molar-refractivity contribution is 0.117. The van der Waals surface area contributed by atoms with Crippen molar-refractivity contribution in [3.05, 3.63) is 34.6 Å². The van der Waals surface area contributed by atoms with Crippen molar-refractivity contribution in [2.24, 2.45) is 0 Å². The first-order valence-electron chi connectivity index (χ1n) is 7.00. The van der Waals surface area contributed by atoms with Crippen LogP contribution in [0, 0.1) is 5.82 Å². The number of hydrogen-bond donors (Lipinski definition) is 1. The molecule has 1 aromatic carbocycles. The van der Waals surface area contributed by atoms with E-state index in [0.717, 1.165) is 38.0 Å². The highest BCUT2D eigenvalue weighted by Gasteiger charge is 2.31. The first-order chi connectivity index (χ1) is 9.08. The molecule has 0 radical (unpaired) electrons. The Morgan fingerprint density at radius 1 is 1.37 bits per heavy atom. The summed E-state index contributed by atoms with van der Waals surface area (Å²) in [7, 11) is 0. The molecule has 1 heterocycles. The van der Waals surface area contributed by atoms with Crippen LogP contribution < -0.4 is 5.32 Å². The molecule has 0 aliphatic carbocycles. The Bertz CT molecular complexity index is 432. The van der Waals surface area contributed by atoms with Crippen LogP contribution in [0.25, 0.3) is 0 Å². The summed E-state index contributed by atoms with van der Waals surface area (Å²) < 4.78 is 13.8. The molecule has 0 unspecified atom stereocenters. The fraction of sp³-hybridized carbons (Fsp3) is 0.600. The topological polar surface area (TPSA) is 15.3 Å². The molecule has 1 N–H and O–H groups in total. The van der Waals surface area contributed by atoms with Crippen LogP contribution in [0.1, 0.15) is 32.3 Å². The van der Waals surface area contributed by atoms with Gasteiger partial charge in [0.05, 0.1) is 0 Å². The van der Waals surface area contributed by atoms with Gasteiger partial charge in [0, 0.05) is 42.3 Å². The first kappa shape index (κ1) is 14.8. The molecule has 0 amide bonds. The lowest BCUT2D eigenvalue weighted by Crippen LogP contribution is -2.59. The average molecular weight is 285 g/mol. The summed E-state index contributed by atoms with van der Waals surface area (Å²) in [6, 6.07) is 4.94. The van der Waals surface area contributed by atoms with Crippen LogP contribution in [-0.2, 0) is 6.54 Å². The van der Waals surface area contributed by atoms with E-state index in [1.54, 1.807) is 12.1 Å². The molecule has 0 spiro atoms. The van der Waals surface area contributed by atoms with Gasteiger partial charge in [-0.05, 0) is 25.0 Å². The summed E-state index contributed by atoms with van der Waals surface area (Å²) in [5.74, 6) is -0.204. The highest BCUT2D eigenvalue weighted by Crippen LogP contribution is 2.22. The number of rotatable bonds is 4. The van der Waals surface area contributed by atoms with Crippen molar-refractivity contribution in [3.8, 4) is 0 Å². The molecule has 1 aromatic rings. The molecule has 1 aliphatic heterocycles. The lowest BCUT2D eigenvalue weighted by Gasteiger charge is -2.43. The maximum atomic E-state index is 13.8. The summed E-state index contributed by atoms with van der Waals surface area (Å²) in [5, 5.41) is 4.07. The van der Waals surface area contributed by atoms with E-state index in [2.05, 4.69) is 24.1 Å². The maximum Gasteiger partial charge on any atom is 0.129 e. The number of nitrogens with zero attached hydrogens (tertiary/aromatic N) is 1. The zero-order valence-electron chi connectivity index (χ0n) is 11.7. The smallest absolute Gasteiger partial charge is 0.129 e. The van der Waals surface area contributed by atoms with Gasteiger partial charge in [-0.25, -0.2) is 4.39 Å². The molecule has 0 atom stereocenters. The number of benzene rings is 1. The second-order valence-corrected chi connectivity index (χ2v) is 5.80. The molecule has 2 rings (SSSR count). The molecule has 1 aliphatic rings.